The number of hydrogen-bond acceptors (Lipinski definition) is 5. The Kier molecular flexibility index (Phi) is 10.5. The van der Waals surface area contributed by atoms with Gasteiger partial charge in [-0.2, -0.15) is 0 Å². The molecule has 0 aliphatic carbocycles. The molecule has 0 bridgehead atoms. The van der Waals surface area contributed by atoms with E-state index in [0.29, 0.717) is 5.75 Å². The number of ether oxygens (including phenoxy) is 3. The minimum Gasteiger partial charge on any atom is -0.458 e. The van der Waals surface area contributed by atoms with Crippen LogP contribution >= 0.6 is 0 Å². The summed E-state index contributed by atoms with van der Waals surface area (Å²) in [5.41, 5.74) is 4.04. The van der Waals surface area contributed by atoms with Gasteiger partial charge in [0, 0.05) is 12.2 Å². The molecule has 0 radical (unpaired) electrons. The van der Waals surface area contributed by atoms with Crippen LogP contribution in [0.5, 0.6) is 11.5 Å². The van der Waals surface area contributed by atoms with Crippen LogP contribution in [-0.2, 0) is 32.3 Å². The van der Waals surface area contributed by atoms with Crippen molar-refractivity contribution < 1.29 is 23.8 Å². The maximum Gasteiger partial charge on any atom is 0.330 e. The second kappa shape index (κ2) is 14.5. The fourth-order valence-electron chi connectivity index (χ4n) is 3.29. The van der Waals surface area contributed by atoms with Crippen LogP contribution in [0.3, 0.4) is 0 Å². The standard InChI is InChI=1S/C16H14O3.C16H14O2/c1-2-16(17)18-12-13-7-6-10-15(11-13)19-14-8-4-3-5-9-14;1-2-16(17)18-12-14-10-6-7-11-15(14)13-8-4-3-5-9-13/h2-11H,1,12H2;2-11H,1,12H2. The summed E-state index contributed by atoms with van der Waals surface area (Å²) in [4.78, 5) is 22.1. The summed E-state index contributed by atoms with van der Waals surface area (Å²) in [7, 11) is 0. The molecule has 0 spiro atoms. The lowest BCUT2D eigenvalue weighted by Gasteiger charge is -2.09. The van der Waals surface area contributed by atoms with Crippen LogP contribution in [0.1, 0.15) is 11.1 Å². The van der Waals surface area contributed by atoms with E-state index in [1.807, 2.05) is 109 Å². The molecule has 0 saturated carbocycles. The fourth-order valence-corrected chi connectivity index (χ4v) is 3.29. The molecular weight excluding hydrogens is 464 g/mol. The Hall–Kier alpha value is -4.90. The zero-order valence-corrected chi connectivity index (χ0v) is 20.4. The van der Waals surface area contributed by atoms with E-state index in [4.69, 9.17) is 14.2 Å². The smallest absolute Gasteiger partial charge is 0.330 e. The summed E-state index contributed by atoms with van der Waals surface area (Å²) in [6, 6.07) is 34.8. The average Bonchev–Trinajstić information content (AvgIpc) is 2.96. The molecule has 0 atom stereocenters. The van der Waals surface area contributed by atoms with Crippen LogP contribution in [0.15, 0.2) is 135 Å². The van der Waals surface area contributed by atoms with Gasteiger partial charge in [0.1, 0.15) is 24.7 Å². The SMILES string of the molecule is C=CC(=O)OCc1cccc(Oc2ccccc2)c1.C=CC(=O)OCc1ccccc1-c1ccccc1. The van der Waals surface area contributed by atoms with Gasteiger partial charge in [-0.1, -0.05) is 98.1 Å². The number of carbonyl (C=O) groups excluding carboxylic acids is 2. The summed E-state index contributed by atoms with van der Waals surface area (Å²) in [6.45, 7) is 7.19. The first-order valence-corrected chi connectivity index (χ1v) is 11.6. The minimum atomic E-state index is -0.436. The molecule has 0 aromatic heterocycles. The third-order valence-corrected chi connectivity index (χ3v) is 5.06. The van der Waals surface area contributed by atoms with Gasteiger partial charge in [-0.15, -0.1) is 0 Å². The largest absolute Gasteiger partial charge is 0.458 e. The maximum atomic E-state index is 11.1. The summed E-state index contributed by atoms with van der Waals surface area (Å²) < 4.78 is 15.7. The molecule has 37 heavy (non-hydrogen) atoms. The first kappa shape index (κ1) is 26.7. The molecule has 5 heteroatoms. The van der Waals surface area contributed by atoms with Crippen LogP contribution in [0.2, 0.25) is 0 Å². The lowest BCUT2D eigenvalue weighted by atomic mass is 10.0. The molecule has 5 nitrogen and oxygen atoms in total. The molecule has 0 saturated heterocycles. The van der Waals surface area contributed by atoms with E-state index in [1.54, 1.807) is 0 Å². The first-order chi connectivity index (χ1) is 18.1. The number of carbonyl (C=O) groups is 2. The van der Waals surface area contributed by atoms with Crippen molar-refractivity contribution in [1.29, 1.82) is 0 Å². The Labute approximate surface area is 217 Å². The van der Waals surface area contributed by atoms with Gasteiger partial charge in [-0.25, -0.2) is 9.59 Å². The van der Waals surface area contributed by atoms with Crippen molar-refractivity contribution in [3.8, 4) is 22.6 Å². The summed E-state index contributed by atoms with van der Waals surface area (Å²) >= 11 is 0. The molecule has 0 amide bonds. The number of benzene rings is 4. The van der Waals surface area contributed by atoms with Crippen molar-refractivity contribution in [2.45, 2.75) is 13.2 Å². The Morgan fingerprint density at radius 3 is 1.86 bits per heavy atom. The normalized spacial score (nSPS) is 9.73. The second-order valence-electron chi connectivity index (χ2n) is 7.71. The van der Waals surface area contributed by atoms with Crippen LogP contribution < -0.4 is 4.74 Å². The Balaban J connectivity index is 0.000000206. The molecule has 0 heterocycles. The molecule has 0 fully saturated rings. The van der Waals surface area contributed by atoms with Crippen molar-refractivity contribution in [3.05, 3.63) is 146 Å². The summed E-state index contributed by atoms with van der Waals surface area (Å²) in [6.07, 6.45) is 2.31. The van der Waals surface area contributed by atoms with Gasteiger partial charge in [0.25, 0.3) is 0 Å². The fraction of sp³-hybridized carbons (Fsp3) is 0.0625. The highest BCUT2D eigenvalue weighted by molar-refractivity contribution is 5.81. The van der Waals surface area contributed by atoms with Crippen molar-refractivity contribution in [2.24, 2.45) is 0 Å². The molecule has 4 aromatic rings. The van der Waals surface area contributed by atoms with Gasteiger partial charge in [-0.05, 0) is 46.5 Å². The van der Waals surface area contributed by atoms with Gasteiger partial charge in [0.05, 0.1) is 0 Å². The molecule has 0 aliphatic rings. The second-order valence-corrected chi connectivity index (χ2v) is 7.71. The zero-order chi connectivity index (χ0) is 26.3. The molecule has 4 aromatic carbocycles. The predicted molar refractivity (Wildman–Crippen MR) is 145 cm³/mol. The van der Waals surface area contributed by atoms with E-state index in [2.05, 4.69) is 13.2 Å². The van der Waals surface area contributed by atoms with Gasteiger partial charge >= 0.3 is 11.9 Å². The number of para-hydroxylation sites is 1. The van der Waals surface area contributed by atoms with E-state index >= 15 is 0 Å². The maximum absolute atomic E-state index is 11.1. The van der Waals surface area contributed by atoms with Gasteiger partial charge in [0.15, 0.2) is 0 Å². The topological polar surface area (TPSA) is 61.8 Å². The first-order valence-electron chi connectivity index (χ1n) is 11.6. The zero-order valence-electron chi connectivity index (χ0n) is 20.4. The lowest BCUT2D eigenvalue weighted by Crippen LogP contribution is -2.01. The van der Waals surface area contributed by atoms with Crippen LogP contribution in [-0.4, -0.2) is 11.9 Å². The third-order valence-electron chi connectivity index (χ3n) is 5.06. The van der Waals surface area contributed by atoms with Gasteiger partial charge in [0.2, 0.25) is 0 Å². The highest BCUT2D eigenvalue weighted by atomic mass is 16.5. The van der Waals surface area contributed by atoms with Crippen LogP contribution in [0, 0.1) is 0 Å². The molecular formula is C32H28O5. The quantitative estimate of drug-likeness (QED) is 0.181. The van der Waals surface area contributed by atoms with Crippen molar-refractivity contribution >= 4 is 11.9 Å². The van der Waals surface area contributed by atoms with E-state index in [0.717, 1.165) is 34.1 Å². The Morgan fingerprint density at radius 1 is 0.622 bits per heavy atom. The minimum absolute atomic E-state index is 0.205. The Bertz CT molecular complexity index is 1310. The van der Waals surface area contributed by atoms with Gasteiger partial charge in [-0.3, -0.25) is 0 Å². The molecule has 0 aliphatic heterocycles. The lowest BCUT2D eigenvalue weighted by molar-refractivity contribution is -0.139. The van der Waals surface area contributed by atoms with E-state index < -0.39 is 11.9 Å². The van der Waals surface area contributed by atoms with E-state index in [1.165, 1.54) is 6.08 Å². The van der Waals surface area contributed by atoms with Gasteiger partial charge < -0.3 is 14.2 Å². The monoisotopic (exact) mass is 492 g/mol. The van der Waals surface area contributed by atoms with E-state index in [-0.39, 0.29) is 13.2 Å². The summed E-state index contributed by atoms with van der Waals surface area (Å²) in [5, 5.41) is 0. The number of esters is 2. The van der Waals surface area contributed by atoms with Crippen molar-refractivity contribution in [2.75, 3.05) is 0 Å². The van der Waals surface area contributed by atoms with Crippen molar-refractivity contribution in [3.63, 3.8) is 0 Å². The molecule has 0 N–H and O–H groups in total. The van der Waals surface area contributed by atoms with Crippen LogP contribution in [0.4, 0.5) is 0 Å². The van der Waals surface area contributed by atoms with Crippen molar-refractivity contribution in [1.82, 2.24) is 0 Å². The van der Waals surface area contributed by atoms with E-state index in [9.17, 15) is 9.59 Å². The predicted octanol–water partition coefficient (Wildman–Crippen LogP) is 7.29. The molecule has 0 unspecified atom stereocenters. The average molecular weight is 493 g/mol. The Morgan fingerprint density at radius 2 is 1.19 bits per heavy atom. The number of rotatable bonds is 9. The molecule has 186 valence electrons. The third kappa shape index (κ3) is 9.00. The highest BCUT2D eigenvalue weighted by Crippen LogP contribution is 2.24. The molecule has 4 rings (SSSR count). The van der Waals surface area contributed by atoms with Crippen LogP contribution in [0.25, 0.3) is 11.1 Å². The number of hydrogen-bond donors (Lipinski definition) is 0. The highest BCUT2D eigenvalue weighted by Gasteiger charge is 2.06. The summed E-state index contributed by atoms with van der Waals surface area (Å²) in [5.74, 6) is 0.633.